The molecule has 0 aromatic heterocycles. The van der Waals surface area contributed by atoms with E-state index in [1.54, 1.807) is 0 Å². The lowest BCUT2D eigenvalue weighted by atomic mass is 9.70. The standard InChI is InChI=1S/C67H43N/c1-3-19-44(20-4-1)45-35-37-48(38-36-45)64-54-28-9-11-30-56(54)66(57-31-12-10-29-55(57)64)68(63-42-39-46-21-7-8-24-50(46)65(63)47-22-5-2-6-23-47)49-40-41-62-58(43-49)53-27-15-18-34-61(53)67(62)59-32-16-13-25-51(59)52-26-14-17-33-60(52)67/h1-43H. The first-order valence-electron chi connectivity index (χ1n) is 23.7. The molecule has 0 radical (unpaired) electrons. The van der Waals surface area contributed by atoms with E-state index >= 15 is 0 Å². The van der Waals surface area contributed by atoms with Crippen LogP contribution in [-0.2, 0) is 5.41 Å². The molecule has 68 heavy (non-hydrogen) atoms. The maximum Gasteiger partial charge on any atom is 0.0725 e. The molecule has 0 aliphatic heterocycles. The van der Waals surface area contributed by atoms with E-state index in [2.05, 4.69) is 266 Å². The second-order valence-electron chi connectivity index (χ2n) is 18.3. The van der Waals surface area contributed by atoms with E-state index in [0.29, 0.717) is 0 Å². The van der Waals surface area contributed by atoms with Crippen LogP contribution in [0.3, 0.4) is 0 Å². The number of benzene rings is 12. The average molecular weight is 862 g/mol. The molecule has 12 aromatic rings. The molecule has 0 atom stereocenters. The van der Waals surface area contributed by atoms with Crippen LogP contribution < -0.4 is 4.90 Å². The molecule has 0 N–H and O–H groups in total. The first-order valence-corrected chi connectivity index (χ1v) is 23.7. The highest BCUT2D eigenvalue weighted by Crippen LogP contribution is 2.63. The molecule has 0 bridgehead atoms. The molecule has 2 aliphatic carbocycles. The summed E-state index contributed by atoms with van der Waals surface area (Å²) in [6, 6.07) is 97.0. The van der Waals surface area contributed by atoms with Crippen LogP contribution in [0.4, 0.5) is 17.1 Å². The Balaban J connectivity index is 1.08. The Bertz CT molecular complexity index is 3860. The SMILES string of the molecule is c1ccc(-c2ccc(-c3c4ccccc4c(N(c4ccc5c(c4)-c4ccccc4C54c5ccccc5-c5ccccc54)c4ccc5ccccc5c4-c4ccccc4)c4ccccc34)cc2)cc1. The van der Waals surface area contributed by atoms with Gasteiger partial charge in [0.25, 0.3) is 0 Å². The molecule has 0 saturated carbocycles. The zero-order valence-corrected chi connectivity index (χ0v) is 37.3. The van der Waals surface area contributed by atoms with Gasteiger partial charge in [-0.15, -0.1) is 0 Å². The first-order chi connectivity index (χ1) is 33.8. The van der Waals surface area contributed by atoms with Gasteiger partial charge in [0.1, 0.15) is 0 Å². The van der Waals surface area contributed by atoms with Crippen molar-refractivity contribution < 1.29 is 0 Å². The topological polar surface area (TPSA) is 3.24 Å². The lowest BCUT2D eigenvalue weighted by Crippen LogP contribution is -2.25. The molecule has 316 valence electrons. The van der Waals surface area contributed by atoms with E-state index in [4.69, 9.17) is 0 Å². The predicted octanol–water partition coefficient (Wildman–Crippen LogP) is 18.0. The molecule has 1 nitrogen and oxygen atoms in total. The first kappa shape index (κ1) is 38.5. The van der Waals surface area contributed by atoms with Crippen LogP contribution in [0.5, 0.6) is 0 Å². The Morgan fingerprint density at radius 2 is 0.691 bits per heavy atom. The molecule has 2 aliphatic rings. The molecular formula is C67H43N. The summed E-state index contributed by atoms with van der Waals surface area (Å²) >= 11 is 0. The Kier molecular flexibility index (Phi) is 8.57. The third kappa shape index (κ3) is 5.51. The molecular weight excluding hydrogens is 819 g/mol. The van der Waals surface area contributed by atoms with E-state index in [0.717, 1.165) is 17.1 Å². The summed E-state index contributed by atoms with van der Waals surface area (Å²) in [5.41, 5.74) is 20.7. The summed E-state index contributed by atoms with van der Waals surface area (Å²) in [5, 5.41) is 7.24. The fourth-order valence-electron chi connectivity index (χ4n) is 12.1. The lowest BCUT2D eigenvalue weighted by Gasteiger charge is -2.33. The highest BCUT2D eigenvalue weighted by molar-refractivity contribution is 6.23. The van der Waals surface area contributed by atoms with Crippen LogP contribution in [-0.4, -0.2) is 0 Å². The average Bonchev–Trinajstić information content (AvgIpc) is 3.88. The van der Waals surface area contributed by atoms with E-state index in [9.17, 15) is 0 Å². The van der Waals surface area contributed by atoms with Gasteiger partial charge in [-0.1, -0.05) is 243 Å². The maximum atomic E-state index is 2.59. The highest BCUT2D eigenvalue weighted by atomic mass is 15.1. The molecule has 14 rings (SSSR count). The third-order valence-electron chi connectivity index (χ3n) is 14.9. The molecule has 0 unspecified atom stereocenters. The van der Waals surface area contributed by atoms with Gasteiger partial charge in [0.15, 0.2) is 0 Å². The Hall–Kier alpha value is -8.78. The molecule has 1 spiro atoms. The number of hydrogen-bond donors (Lipinski definition) is 0. The van der Waals surface area contributed by atoms with E-state index < -0.39 is 5.41 Å². The van der Waals surface area contributed by atoms with Gasteiger partial charge in [-0.2, -0.15) is 0 Å². The van der Waals surface area contributed by atoms with Crippen molar-refractivity contribution >= 4 is 49.4 Å². The number of nitrogens with zero attached hydrogens (tertiary/aromatic N) is 1. The van der Waals surface area contributed by atoms with Gasteiger partial charge in [0.2, 0.25) is 0 Å². The molecule has 1 heteroatoms. The summed E-state index contributed by atoms with van der Waals surface area (Å²) in [4.78, 5) is 2.59. The van der Waals surface area contributed by atoms with Crippen LogP contribution in [0.2, 0.25) is 0 Å². The van der Waals surface area contributed by atoms with Gasteiger partial charge >= 0.3 is 0 Å². The second kappa shape index (κ2) is 15.1. The Morgan fingerprint density at radius 1 is 0.265 bits per heavy atom. The van der Waals surface area contributed by atoms with Gasteiger partial charge < -0.3 is 4.90 Å². The minimum absolute atomic E-state index is 0.433. The van der Waals surface area contributed by atoms with Crippen LogP contribution >= 0.6 is 0 Å². The Morgan fingerprint density at radius 3 is 1.29 bits per heavy atom. The zero-order chi connectivity index (χ0) is 44.8. The summed E-state index contributed by atoms with van der Waals surface area (Å²) < 4.78 is 0. The van der Waals surface area contributed by atoms with Gasteiger partial charge in [0.05, 0.1) is 16.8 Å². The van der Waals surface area contributed by atoms with E-state index in [-0.39, 0.29) is 0 Å². The van der Waals surface area contributed by atoms with Crippen molar-refractivity contribution in [3.05, 3.63) is 283 Å². The van der Waals surface area contributed by atoms with Gasteiger partial charge in [0, 0.05) is 22.0 Å². The largest absolute Gasteiger partial charge is 0.309 e. The fraction of sp³-hybridized carbons (Fsp3) is 0.0149. The lowest BCUT2D eigenvalue weighted by molar-refractivity contribution is 0.794. The minimum Gasteiger partial charge on any atom is -0.309 e. The molecule has 12 aromatic carbocycles. The summed E-state index contributed by atoms with van der Waals surface area (Å²) in [7, 11) is 0. The van der Waals surface area contributed by atoms with Crippen LogP contribution in [0, 0.1) is 0 Å². The fourth-order valence-corrected chi connectivity index (χ4v) is 12.1. The van der Waals surface area contributed by atoms with E-state index in [1.165, 1.54) is 110 Å². The normalized spacial score (nSPS) is 12.8. The van der Waals surface area contributed by atoms with Crippen molar-refractivity contribution in [2.24, 2.45) is 0 Å². The summed E-state index contributed by atoms with van der Waals surface area (Å²) in [5.74, 6) is 0. The number of fused-ring (bicyclic) bond motifs is 13. The maximum absolute atomic E-state index is 2.59. The van der Waals surface area contributed by atoms with Crippen molar-refractivity contribution in [1.82, 2.24) is 0 Å². The third-order valence-corrected chi connectivity index (χ3v) is 14.9. The van der Waals surface area contributed by atoms with Gasteiger partial charge in [-0.3, -0.25) is 0 Å². The van der Waals surface area contributed by atoms with Crippen molar-refractivity contribution in [3.63, 3.8) is 0 Å². The van der Waals surface area contributed by atoms with E-state index in [1.807, 2.05) is 0 Å². The van der Waals surface area contributed by atoms with Crippen LogP contribution in [0.15, 0.2) is 261 Å². The monoisotopic (exact) mass is 861 g/mol. The number of anilines is 3. The number of hydrogen-bond acceptors (Lipinski definition) is 1. The minimum atomic E-state index is -0.433. The van der Waals surface area contributed by atoms with Crippen molar-refractivity contribution in [2.45, 2.75) is 5.41 Å². The zero-order valence-electron chi connectivity index (χ0n) is 37.3. The van der Waals surface area contributed by atoms with Crippen molar-refractivity contribution in [3.8, 4) is 55.6 Å². The molecule has 0 amide bonds. The van der Waals surface area contributed by atoms with Crippen LogP contribution in [0.1, 0.15) is 22.3 Å². The van der Waals surface area contributed by atoms with Crippen molar-refractivity contribution in [2.75, 3.05) is 4.90 Å². The molecule has 0 heterocycles. The molecule has 0 saturated heterocycles. The van der Waals surface area contributed by atoms with Gasteiger partial charge in [-0.25, -0.2) is 0 Å². The summed E-state index contributed by atoms with van der Waals surface area (Å²) in [6.45, 7) is 0. The summed E-state index contributed by atoms with van der Waals surface area (Å²) in [6.07, 6.45) is 0. The van der Waals surface area contributed by atoms with Crippen molar-refractivity contribution in [1.29, 1.82) is 0 Å². The predicted molar refractivity (Wildman–Crippen MR) is 286 cm³/mol. The molecule has 0 fully saturated rings. The highest BCUT2D eigenvalue weighted by Gasteiger charge is 2.51. The smallest absolute Gasteiger partial charge is 0.0725 e. The van der Waals surface area contributed by atoms with Crippen LogP contribution in [0.25, 0.3) is 88.0 Å². The second-order valence-corrected chi connectivity index (χ2v) is 18.3. The Labute approximate surface area is 396 Å². The number of rotatable bonds is 6. The van der Waals surface area contributed by atoms with Gasteiger partial charge in [-0.05, 0) is 112 Å². The quantitative estimate of drug-likeness (QED) is 0.151.